The summed E-state index contributed by atoms with van der Waals surface area (Å²) in [7, 11) is 0. The first-order valence-corrected chi connectivity index (χ1v) is 12.1. The molecule has 0 aliphatic carbocycles. The Labute approximate surface area is 209 Å². The van der Waals surface area contributed by atoms with E-state index in [1.807, 2.05) is 54.6 Å². The predicted octanol–water partition coefficient (Wildman–Crippen LogP) is 5.03. The van der Waals surface area contributed by atoms with E-state index >= 15 is 0 Å². The van der Waals surface area contributed by atoms with Crippen molar-refractivity contribution in [3.05, 3.63) is 102 Å². The van der Waals surface area contributed by atoms with Gasteiger partial charge in [0.05, 0.1) is 11.6 Å². The van der Waals surface area contributed by atoms with Gasteiger partial charge >= 0.3 is 0 Å². The molecule has 0 spiro atoms. The maximum atomic E-state index is 13.4. The Bertz CT molecular complexity index is 1440. The molecule has 2 N–H and O–H groups in total. The molecule has 1 fully saturated rings. The van der Waals surface area contributed by atoms with Crippen LogP contribution in [0.25, 0.3) is 16.7 Å². The first-order valence-electron chi connectivity index (χ1n) is 12.1. The van der Waals surface area contributed by atoms with E-state index in [4.69, 9.17) is 0 Å². The van der Waals surface area contributed by atoms with Gasteiger partial charge in [-0.2, -0.15) is 0 Å². The number of carbonyl (C=O) groups excluding carboxylic acids is 2. The fraction of sp³-hybridized carbons (Fsp3) is 0.207. The maximum Gasteiger partial charge on any atom is 0.295 e. The van der Waals surface area contributed by atoms with E-state index in [-0.39, 0.29) is 17.9 Å². The highest BCUT2D eigenvalue weighted by Crippen LogP contribution is 2.41. The molecule has 1 unspecified atom stereocenters. The zero-order valence-electron chi connectivity index (χ0n) is 20.3. The molecule has 3 heterocycles. The average molecular weight is 481 g/mol. The second-order valence-corrected chi connectivity index (χ2v) is 8.80. The summed E-state index contributed by atoms with van der Waals surface area (Å²) in [6.07, 6.45) is 5.02. The number of rotatable bonds is 7. The molecule has 182 valence electrons. The number of benzene rings is 2. The molecule has 0 radical (unpaired) electrons. The third-order valence-corrected chi connectivity index (χ3v) is 6.80. The predicted molar refractivity (Wildman–Crippen MR) is 140 cm³/mol. The third kappa shape index (κ3) is 4.02. The molecular weight excluding hydrogens is 452 g/mol. The van der Waals surface area contributed by atoms with E-state index < -0.39 is 17.7 Å². The molecule has 0 saturated carbocycles. The number of aliphatic hydroxyl groups is 1. The van der Waals surface area contributed by atoms with Gasteiger partial charge < -0.3 is 19.9 Å². The number of aromatic nitrogens is 2. The number of fused-ring (bicyclic) bond motifs is 1. The lowest BCUT2D eigenvalue weighted by atomic mass is 9.94. The van der Waals surface area contributed by atoms with Crippen LogP contribution >= 0.6 is 0 Å². The number of hydrogen-bond donors (Lipinski definition) is 2. The molecule has 36 heavy (non-hydrogen) atoms. The third-order valence-electron chi connectivity index (χ3n) is 6.80. The van der Waals surface area contributed by atoms with Crippen molar-refractivity contribution in [1.82, 2.24) is 14.9 Å². The van der Waals surface area contributed by atoms with Crippen LogP contribution in [0.4, 0.5) is 5.69 Å². The van der Waals surface area contributed by atoms with Gasteiger partial charge in [0.1, 0.15) is 5.76 Å². The van der Waals surface area contributed by atoms with Crippen molar-refractivity contribution in [2.75, 3.05) is 18.0 Å². The summed E-state index contributed by atoms with van der Waals surface area (Å²) in [4.78, 5) is 37.7. The zero-order valence-corrected chi connectivity index (χ0v) is 20.3. The first kappa shape index (κ1) is 23.4. The zero-order chi connectivity index (χ0) is 25.2. The number of amides is 1. The van der Waals surface area contributed by atoms with Crippen LogP contribution in [0.15, 0.2) is 84.8 Å². The number of aliphatic hydroxyl groups excluding tert-OH is 1. The van der Waals surface area contributed by atoms with Gasteiger partial charge in [0.25, 0.3) is 11.7 Å². The topological polar surface area (TPSA) is 89.5 Å². The van der Waals surface area contributed by atoms with Crippen LogP contribution in [-0.2, 0) is 16.1 Å². The van der Waals surface area contributed by atoms with Crippen molar-refractivity contribution in [1.29, 1.82) is 0 Å². The number of pyridine rings is 1. The van der Waals surface area contributed by atoms with Gasteiger partial charge in [-0.05, 0) is 49.2 Å². The van der Waals surface area contributed by atoms with E-state index in [1.165, 1.54) is 4.90 Å². The molecule has 7 nitrogen and oxygen atoms in total. The highest BCUT2D eigenvalue weighted by Gasteiger charge is 2.46. The Hall–Kier alpha value is -4.39. The van der Waals surface area contributed by atoms with Crippen molar-refractivity contribution in [3.8, 4) is 0 Å². The monoisotopic (exact) mass is 480 g/mol. The molecule has 1 atom stereocenters. The number of carbonyl (C=O) groups is 2. The van der Waals surface area contributed by atoms with E-state index in [9.17, 15) is 14.7 Å². The van der Waals surface area contributed by atoms with Crippen molar-refractivity contribution in [2.24, 2.45) is 0 Å². The molecule has 2 aromatic carbocycles. The quantitative estimate of drug-likeness (QED) is 0.220. The van der Waals surface area contributed by atoms with Gasteiger partial charge in [-0.25, -0.2) is 0 Å². The Balaban J connectivity index is 1.65. The number of likely N-dealkylation sites (tertiary alicyclic amines) is 1. The number of para-hydroxylation sites is 1. The highest BCUT2D eigenvalue weighted by molar-refractivity contribution is 6.46. The number of aromatic amines is 1. The van der Waals surface area contributed by atoms with Crippen LogP contribution in [0, 0.1) is 0 Å². The molecule has 7 heteroatoms. The van der Waals surface area contributed by atoms with Gasteiger partial charge in [0, 0.05) is 60.4 Å². The largest absolute Gasteiger partial charge is 0.507 e. The molecule has 5 rings (SSSR count). The van der Waals surface area contributed by atoms with Crippen molar-refractivity contribution >= 4 is 34.0 Å². The number of anilines is 1. The first-order chi connectivity index (χ1) is 17.5. The lowest BCUT2D eigenvalue weighted by Crippen LogP contribution is -2.29. The second kappa shape index (κ2) is 9.70. The Morgan fingerprint density at radius 3 is 2.47 bits per heavy atom. The van der Waals surface area contributed by atoms with E-state index in [2.05, 4.69) is 28.7 Å². The van der Waals surface area contributed by atoms with Crippen molar-refractivity contribution in [3.63, 3.8) is 0 Å². The van der Waals surface area contributed by atoms with Gasteiger partial charge in [0.15, 0.2) is 0 Å². The average Bonchev–Trinajstić information content (AvgIpc) is 3.45. The van der Waals surface area contributed by atoms with Crippen LogP contribution in [0.5, 0.6) is 0 Å². The number of Topliss-reactive ketones (excluding diaryl/α,β-unsaturated/α-hetero) is 1. The summed E-state index contributed by atoms with van der Waals surface area (Å²) >= 11 is 0. The van der Waals surface area contributed by atoms with E-state index in [0.29, 0.717) is 5.56 Å². The summed E-state index contributed by atoms with van der Waals surface area (Å²) in [5.74, 6) is -1.52. The minimum Gasteiger partial charge on any atom is -0.507 e. The molecule has 1 saturated heterocycles. The van der Waals surface area contributed by atoms with Crippen LogP contribution in [0.2, 0.25) is 0 Å². The number of nitrogens with zero attached hydrogens (tertiary/aromatic N) is 3. The summed E-state index contributed by atoms with van der Waals surface area (Å²) < 4.78 is 0. The number of nitrogens with one attached hydrogen (secondary N) is 1. The number of hydrogen-bond acceptors (Lipinski definition) is 5. The van der Waals surface area contributed by atoms with Crippen LogP contribution < -0.4 is 4.90 Å². The molecule has 1 amide bonds. The van der Waals surface area contributed by atoms with Gasteiger partial charge in [0.2, 0.25) is 0 Å². The fourth-order valence-corrected chi connectivity index (χ4v) is 4.95. The normalized spacial score (nSPS) is 17.2. The Kier molecular flexibility index (Phi) is 6.29. The van der Waals surface area contributed by atoms with Crippen LogP contribution in [0.3, 0.4) is 0 Å². The second-order valence-electron chi connectivity index (χ2n) is 8.80. The molecular formula is C29H28N4O3. The molecule has 0 bridgehead atoms. The summed E-state index contributed by atoms with van der Waals surface area (Å²) in [6, 6.07) is 18.3. The van der Waals surface area contributed by atoms with Crippen LogP contribution in [-0.4, -0.2) is 44.8 Å². The van der Waals surface area contributed by atoms with Gasteiger partial charge in [-0.3, -0.25) is 14.6 Å². The summed E-state index contributed by atoms with van der Waals surface area (Å²) in [5, 5.41) is 12.3. The highest BCUT2D eigenvalue weighted by atomic mass is 16.3. The van der Waals surface area contributed by atoms with Crippen LogP contribution in [0.1, 0.15) is 36.6 Å². The molecule has 2 aromatic heterocycles. The summed E-state index contributed by atoms with van der Waals surface area (Å²) in [6.45, 7) is 6.14. The number of ketones is 1. The minimum atomic E-state index is -0.732. The standard InChI is InChI=1S/C29H28N4O3/c1-3-32(4-2)21-13-11-20(12-14-21)26-25(27(34)23-17-31-24-10-6-5-9-22(23)24)28(35)29(36)33(26)18-19-8-7-15-30-16-19/h5-17,26,31,34H,3-4,18H2,1-2H3/b27-25-. The molecule has 1 aliphatic rings. The molecule has 4 aromatic rings. The minimum absolute atomic E-state index is 0.0873. The van der Waals surface area contributed by atoms with Gasteiger partial charge in [-0.1, -0.05) is 36.4 Å². The molecule has 1 aliphatic heterocycles. The van der Waals surface area contributed by atoms with Crippen molar-refractivity contribution < 1.29 is 14.7 Å². The fourth-order valence-electron chi connectivity index (χ4n) is 4.95. The lowest BCUT2D eigenvalue weighted by Gasteiger charge is -2.26. The van der Waals surface area contributed by atoms with Crippen molar-refractivity contribution in [2.45, 2.75) is 26.4 Å². The smallest absolute Gasteiger partial charge is 0.295 e. The number of H-pyrrole nitrogens is 1. The lowest BCUT2D eigenvalue weighted by molar-refractivity contribution is -0.140. The SMILES string of the molecule is CCN(CC)c1ccc(C2/C(=C(/O)c3c[nH]c4ccccc34)C(=O)C(=O)N2Cc2cccnc2)cc1. The Morgan fingerprint density at radius 2 is 1.78 bits per heavy atom. The van der Waals surface area contributed by atoms with Gasteiger partial charge in [-0.15, -0.1) is 0 Å². The van der Waals surface area contributed by atoms with E-state index in [0.717, 1.165) is 40.8 Å². The Morgan fingerprint density at radius 1 is 1.03 bits per heavy atom. The van der Waals surface area contributed by atoms with E-state index in [1.54, 1.807) is 24.7 Å². The maximum absolute atomic E-state index is 13.4. The summed E-state index contributed by atoms with van der Waals surface area (Å²) in [5.41, 5.74) is 4.04.